The van der Waals surface area contributed by atoms with Crippen molar-refractivity contribution in [2.75, 3.05) is 24.5 Å². The van der Waals surface area contributed by atoms with Crippen molar-refractivity contribution in [3.8, 4) is 5.75 Å². The number of sulfonamides is 1. The van der Waals surface area contributed by atoms with Crippen LogP contribution in [0.25, 0.3) is 0 Å². The first-order valence-electron chi connectivity index (χ1n) is 13.5. The van der Waals surface area contributed by atoms with Crippen molar-refractivity contribution >= 4 is 39.1 Å². The molecule has 0 heterocycles. The quantitative estimate of drug-likeness (QED) is 0.283. The first-order chi connectivity index (χ1) is 19.5. The summed E-state index contributed by atoms with van der Waals surface area (Å²) < 4.78 is 34.3. The van der Waals surface area contributed by atoms with Gasteiger partial charge in [0, 0.05) is 18.1 Å². The molecule has 3 aromatic carbocycles. The number of rotatable bonds is 13. The molecule has 8 nitrogen and oxygen atoms in total. The number of carbonyl (C=O) groups excluding carboxylic acids is 2. The first kappa shape index (κ1) is 32.0. The normalized spacial score (nSPS) is 12.1. The molecule has 0 saturated carbocycles. The van der Waals surface area contributed by atoms with Crippen molar-refractivity contribution in [3.63, 3.8) is 0 Å². The van der Waals surface area contributed by atoms with Crippen LogP contribution in [0.4, 0.5) is 5.69 Å². The van der Waals surface area contributed by atoms with E-state index in [-0.39, 0.29) is 23.3 Å². The van der Waals surface area contributed by atoms with E-state index >= 15 is 0 Å². The molecule has 0 aliphatic carbocycles. The second-order valence-electron chi connectivity index (χ2n) is 10.2. The smallest absolute Gasteiger partial charge is 0.264 e. The van der Waals surface area contributed by atoms with Gasteiger partial charge < -0.3 is 15.0 Å². The highest BCUT2D eigenvalue weighted by Gasteiger charge is 2.33. The summed E-state index contributed by atoms with van der Waals surface area (Å²) in [6, 6.07) is 19.2. The number of nitrogens with zero attached hydrogens (tertiary/aromatic N) is 2. The zero-order valence-corrected chi connectivity index (χ0v) is 25.7. The number of methoxy groups -OCH3 is 1. The third-order valence-electron chi connectivity index (χ3n) is 6.53. The van der Waals surface area contributed by atoms with Crippen LogP contribution in [0.2, 0.25) is 5.02 Å². The standard InChI is InChI=1S/C31H38ClN3O5S/c1-6-29(31(37)33-19-22(2)3)34(20-24-10-8-12-27(18-24)40-5)30(36)21-35(26-11-7-9-23(4)17-26)41(38,39)28-15-13-25(32)14-16-28/h7-18,22,29H,6,19-21H2,1-5H3,(H,33,37). The summed E-state index contributed by atoms with van der Waals surface area (Å²) in [5, 5.41) is 3.32. The molecule has 10 heteroatoms. The lowest BCUT2D eigenvalue weighted by atomic mass is 10.1. The average molecular weight is 600 g/mol. The molecule has 41 heavy (non-hydrogen) atoms. The van der Waals surface area contributed by atoms with Crippen LogP contribution in [0.15, 0.2) is 77.7 Å². The van der Waals surface area contributed by atoms with Gasteiger partial charge in [-0.15, -0.1) is 0 Å². The van der Waals surface area contributed by atoms with Crippen molar-refractivity contribution in [2.24, 2.45) is 5.92 Å². The molecular formula is C31H38ClN3O5S. The second kappa shape index (κ2) is 14.4. The predicted molar refractivity (Wildman–Crippen MR) is 163 cm³/mol. The van der Waals surface area contributed by atoms with Gasteiger partial charge in [-0.3, -0.25) is 13.9 Å². The number of anilines is 1. The van der Waals surface area contributed by atoms with Crippen LogP contribution in [0, 0.1) is 12.8 Å². The molecule has 0 radical (unpaired) electrons. The maximum Gasteiger partial charge on any atom is 0.264 e. The Morgan fingerprint density at radius 2 is 1.68 bits per heavy atom. The topological polar surface area (TPSA) is 96.0 Å². The molecule has 0 saturated heterocycles. The summed E-state index contributed by atoms with van der Waals surface area (Å²) in [7, 11) is -2.61. The molecule has 1 N–H and O–H groups in total. The number of ether oxygens (including phenoxy) is 1. The predicted octanol–water partition coefficient (Wildman–Crippen LogP) is 5.43. The molecule has 0 spiro atoms. The van der Waals surface area contributed by atoms with Gasteiger partial charge in [-0.05, 0) is 78.9 Å². The van der Waals surface area contributed by atoms with Crippen LogP contribution in [0.1, 0.15) is 38.3 Å². The first-order valence-corrected chi connectivity index (χ1v) is 15.3. The van der Waals surface area contributed by atoms with E-state index in [0.29, 0.717) is 29.4 Å². The van der Waals surface area contributed by atoms with Gasteiger partial charge in [0.05, 0.1) is 17.7 Å². The van der Waals surface area contributed by atoms with Gasteiger partial charge in [-0.25, -0.2) is 8.42 Å². The van der Waals surface area contributed by atoms with Gasteiger partial charge in [0.25, 0.3) is 10.0 Å². The Labute approximate surface area is 248 Å². The number of nitrogens with one attached hydrogen (secondary N) is 1. The number of halogens is 1. The van der Waals surface area contributed by atoms with Crippen LogP contribution in [0.5, 0.6) is 5.75 Å². The average Bonchev–Trinajstić information content (AvgIpc) is 2.94. The van der Waals surface area contributed by atoms with E-state index < -0.39 is 28.5 Å². The fourth-order valence-electron chi connectivity index (χ4n) is 4.36. The Morgan fingerprint density at radius 3 is 2.29 bits per heavy atom. The molecule has 0 aliphatic heterocycles. The van der Waals surface area contributed by atoms with Gasteiger partial charge in [-0.2, -0.15) is 0 Å². The minimum atomic E-state index is -4.17. The van der Waals surface area contributed by atoms with Gasteiger partial charge in [0.1, 0.15) is 18.3 Å². The number of hydrogen-bond donors (Lipinski definition) is 1. The maximum absolute atomic E-state index is 14.1. The molecule has 220 valence electrons. The van der Waals surface area contributed by atoms with Gasteiger partial charge in [0.15, 0.2) is 0 Å². The summed E-state index contributed by atoms with van der Waals surface area (Å²) in [4.78, 5) is 28.9. The number of aryl methyl sites for hydroxylation is 1. The van der Waals surface area contributed by atoms with Gasteiger partial charge in [0.2, 0.25) is 11.8 Å². The van der Waals surface area contributed by atoms with Crippen LogP contribution >= 0.6 is 11.6 Å². The summed E-state index contributed by atoms with van der Waals surface area (Å²) in [6.07, 6.45) is 0.341. The number of amides is 2. The van der Waals surface area contributed by atoms with E-state index in [1.54, 1.807) is 43.5 Å². The molecule has 1 unspecified atom stereocenters. The Morgan fingerprint density at radius 1 is 1.00 bits per heavy atom. The van der Waals surface area contributed by atoms with Crippen molar-refractivity contribution < 1.29 is 22.7 Å². The summed E-state index contributed by atoms with van der Waals surface area (Å²) in [5.74, 6) is 0.0257. The van der Waals surface area contributed by atoms with Crippen molar-refractivity contribution in [3.05, 3.63) is 88.9 Å². The van der Waals surface area contributed by atoms with Crippen molar-refractivity contribution in [1.82, 2.24) is 10.2 Å². The van der Waals surface area contributed by atoms with Crippen LogP contribution in [-0.2, 0) is 26.2 Å². The van der Waals surface area contributed by atoms with Crippen molar-refractivity contribution in [2.45, 2.75) is 51.6 Å². The third-order valence-corrected chi connectivity index (χ3v) is 8.57. The highest BCUT2D eigenvalue weighted by molar-refractivity contribution is 7.92. The molecule has 3 rings (SSSR count). The van der Waals surface area contributed by atoms with E-state index in [2.05, 4.69) is 5.32 Å². The Bertz CT molecular complexity index is 1440. The number of carbonyl (C=O) groups is 2. The fourth-order valence-corrected chi connectivity index (χ4v) is 5.89. The SMILES string of the molecule is CCC(C(=O)NCC(C)C)N(Cc1cccc(OC)c1)C(=O)CN(c1cccc(C)c1)S(=O)(=O)c1ccc(Cl)cc1. The number of benzene rings is 3. The minimum Gasteiger partial charge on any atom is -0.497 e. The van der Waals surface area contributed by atoms with Crippen molar-refractivity contribution in [1.29, 1.82) is 0 Å². The Hall–Kier alpha value is -3.56. The largest absolute Gasteiger partial charge is 0.497 e. The lowest BCUT2D eigenvalue weighted by molar-refractivity contribution is -0.140. The van der Waals surface area contributed by atoms with E-state index in [1.807, 2.05) is 39.8 Å². The van der Waals surface area contributed by atoms with Gasteiger partial charge >= 0.3 is 0 Å². The zero-order chi connectivity index (χ0) is 30.2. The molecule has 3 aromatic rings. The zero-order valence-electron chi connectivity index (χ0n) is 24.1. The van der Waals surface area contributed by atoms with E-state index in [4.69, 9.17) is 16.3 Å². The molecule has 0 fully saturated rings. The Kier molecular flexibility index (Phi) is 11.2. The lowest BCUT2D eigenvalue weighted by Crippen LogP contribution is -2.52. The number of hydrogen-bond acceptors (Lipinski definition) is 5. The Balaban J connectivity index is 2.06. The molecule has 0 aliphatic rings. The molecule has 2 amide bonds. The third kappa shape index (κ3) is 8.47. The summed E-state index contributed by atoms with van der Waals surface area (Å²) >= 11 is 6.01. The highest BCUT2D eigenvalue weighted by atomic mass is 35.5. The maximum atomic E-state index is 14.1. The monoisotopic (exact) mass is 599 g/mol. The summed E-state index contributed by atoms with van der Waals surface area (Å²) in [6.45, 7) is 7.69. The minimum absolute atomic E-state index is 0.00253. The molecule has 1 atom stereocenters. The lowest BCUT2D eigenvalue weighted by Gasteiger charge is -2.33. The second-order valence-corrected chi connectivity index (χ2v) is 12.5. The van der Waals surface area contributed by atoms with Crippen LogP contribution < -0.4 is 14.4 Å². The van der Waals surface area contributed by atoms with E-state index in [0.717, 1.165) is 15.4 Å². The summed E-state index contributed by atoms with van der Waals surface area (Å²) in [5.41, 5.74) is 1.92. The van der Waals surface area contributed by atoms with Crippen LogP contribution in [-0.4, -0.2) is 51.4 Å². The van der Waals surface area contributed by atoms with Gasteiger partial charge in [-0.1, -0.05) is 56.6 Å². The molecule has 0 aromatic heterocycles. The van der Waals surface area contributed by atoms with Crippen LogP contribution in [0.3, 0.4) is 0 Å². The van der Waals surface area contributed by atoms with E-state index in [9.17, 15) is 18.0 Å². The molecule has 0 bridgehead atoms. The molecular weight excluding hydrogens is 562 g/mol. The van der Waals surface area contributed by atoms with E-state index in [1.165, 1.54) is 29.2 Å². The highest BCUT2D eigenvalue weighted by Crippen LogP contribution is 2.27. The fraction of sp³-hybridized carbons (Fsp3) is 0.355.